The van der Waals surface area contributed by atoms with E-state index in [4.69, 9.17) is 16.7 Å². The third-order valence-corrected chi connectivity index (χ3v) is 6.86. The number of aliphatic carboxylic acids is 1. The molecule has 0 spiro atoms. The molecule has 3 N–H and O–H groups in total. The van der Waals surface area contributed by atoms with Gasteiger partial charge in [0, 0.05) is 12.4 Å². The molecule has 0 aliphatic rings. The molecule has 3 aromatic rings. The Kier molecular flexibility index (Phi) is 6.40. The molecular weight excluding hydrogens is 444 g/mol. The van der Waals surface area contributed by atoms with Gasteiger partial charge in [-0.15, -0.1) is 0 Å². The number of aliphatic hydroxyl groups is 1. The van der Waals surface area contributed by atoms with Crippen molar-refractivity contribution in [2.75, 3.05) is 12.4 Å². The van der Waals surface area contributed by atoms with E-state index in [1.54, 1.807) is 17.7 Å². The number of aromatic nitrogens is 1. The highest BCUT2D eigenvalue weighted by Gasteiger charge is 2.22. The third kappa shape index (κ3) is 4.73. The highest BCUT2D eigenvalue weighted by Crippen LogP contribution is 2.28. The molecule has 3 rings (SSSR count). The Morgan fingerprint density at radius 3 is 2.39 bits per heavy atom. The van der Waals surface area contributed by atoms with Gasteiger partial charge in [0.25, 0.3) is 5.91 Å². The maximum absolute atomic E-state index is 12.9. The van der Waals surface area contributed by atoms with Gasteiger partial charge in [-0.3, -0.25) is 9.59 Å². The summed E-state index contributed by atoms with van der Waals surface area (Å²) in [7, 11) is -2.23. The van der Waals surface area contributed by atoms with E-state index < -0.39 is 40.1 Å². The summed E-state index contributed by atoms with van der Waals surface area (Å²) in [5.41, 5.74) is 2.57. The molecule has 0 aliphatic heterocycles. The van der Waals surface area contributed by atoms with Gasteiger partial charge in [-0.25, -0.2) is 8.42 Å². The number of hydrogen-bond donors (Lipinski definition) is 3. The molecule has 164 valence electrons. The predicted octanol–water partition coefficient (Wildman–Crippen LogP) is 2.46. The number of fused-ring (bicyclic) bond motifs is 1. The summed E-state index contributed by atoms with van der Waals surface area (Å²) in [4.78, 5) is 23.4. The van der Waals surface area contributed by atoms with Crippen LogP contribution in [-0.4, -0.2) is 47.4 Å². The number of nitrogens with one attached hydrogen (secondary N) is 1. The molecule has 0 saturated heterocycles. The molecule has 1 amide bonds. The van der Waals surface area contributed by atoms with Crippen LogP contribution in [0.25, 0.3) is 10.9 Å². The number of benzene rings is 2. The average Bonchev–Trinajstić information content (AvgIpc) is 3.02. The molecule has 10 heteroatoms. The fraction of sp³-hybridized carbons (Fsp3) is 0.238. The average molecular weight is 465 g/mol. The second kappa shape index (κ2) is 8.70. The van der Waals surface area contributed by atoms with Crippen LogP contribution < -0.4 is 5.32 Å². The first-order chi connectivity index (χ1) is 14.5. The number of hydrogen-bond acceptors (Lipinski definition) is 5. The highest BCUT2D eigenvalue weighted by molar-refractivity contribution is 7.92. The Bertz CT molecular complexity index is 1270. The second-order valence-electron chi connectivity index (χ2n) is 7.20. The van der Waals surface area contributed by atoms with Crippen molar-refractivity contribution in [1.29, 1.82) is 0 Å². The maximum atomic E-state index is 12.9. The van der Waals surface area contributed by atoms with Crippen LogP contribution in [0.1, 0.15) is 27.7 Å². The third-order valence-electron chi connectivity index (χ3n) is 4.93. The number of aliphatic hydroxyl groups excluding tert-OH is 1. The lowest BCUT2D eigenvalue weighted by Crippen LogP contribution is -2.32. The van der Waals surface area contributed by atoms with Crippen molar-refractivity contribution in [3.63, 3.8) is 0 Å². The summed E-state index contributed by atoms with van der Waals surface area (Å²) in [6.07, 6.45) is 0. The number of aryl methyl sites for hydroxylation is 2. The first kappa shape index (κ1) is 22.8. The highest BCUT2D eigenvalue weighted by atomic mass is 35.5. The smallest absolute Gasteiger partial charge is 0.319 e. The van der Waals surface area contributed by atoms with Crippen LogP contribution >= 0.6 is 11.6 Å². The molecule has 31 heavy (non-hydrogen) atoms. The lowest BCUT2D eigenvalue weighted by atomic mass is 10.1. The van der Waals surface area contributed by atoms with Gasteiger partial charge < -0.3 is 20.1 Å². The van der Waals surface area contributed by atoms with Crippen molar-refractivity contribution in [3.8, 4) is 0 Å². The fourth-order valence-corrected chi connectivity index (χ4v) is 4.72. The van der Waals surface area contributed by atoms with Crippen LogP contribution in [0.15, 0.2) is 47.4 Å². The van der Waals surface area contributed by atoms with E-state index in [-0.39, 0.29) is 4.90 Å². The van der Waals surface area contributed by atoms with Crippen LogP contribution in [0, 0.1) is 6.92 Å². The lowest BCUT2D eigenvalue weighted by Gasteiger charge is -2.17. The second-order valence-corrected chi connectivity index (χ2v) is 9.60. The topological polar surface area (TPSA) is 126 Å². The number of sulfone groups is 1. The number of carboxylic acids is 1. The van der Waals surface area contributed by atoms with E-state index in [1.807, 2.05) is 19.1 Å². The molecule has 1 atom stereocenters. The minimum atomic E-state index is -3.97. The van der Waals surface area contributed by atoms with Gasteiger partial charge in [0.05, 0.1) is 28.1 Å². The first-order valence-electron chi connectivity index (χ1n) is 9.25. The van der Waals surface area contributed by atoms with Gasteiger partial charge in [-0.1, -0.05) is 23.7 Å². The van der Waals surface area contributed by atoms with Crippen molar-refractivity contribution < 1.29 is 28.2 Å². The van der Waals surface area contributed by atoms with Crippen molar-refractivity contribution in [3.05, 3.63) is 64.3 Å². The maximum Gasteiger partial charge on any atom is 0.319 e. The summed E-state index contributed by atoms with van der Waals surface area (Å²) < 4.78 is 25.7. The zero-order valence-electron chi connectivity index (χ0n) is 16.8. The van der Waals surface area contributed by atoms with Crippen LogP contribution in [0.4, 0.5) is 0 Å². The number of carbonyl (C=O) groups is 2. The number of rotatable bonds is 7. The van der Waals surface area contributed by atoms with Crippen molar-refractivity contribution >= 4 is 44.2 Å². The zero-order valence-corrected chi connectivity index (χ0v) is 18.4. The van der Waals surface area contributed by atoms with Crippen LogP contribution in [-0.2, 0) is 21.7 Å². The predicted molar refractivity (Wildman–Crippen MR) is 116 cm³/mol. The number of halogens is 1. The SMILES string of the molecule is Cc1cc(Cl)c2cc(C(=O)N[C@H](CO)c3ccc(S(=O)(=O)CC(=O)O)cc3)n(C)c2c1. The minimum Gasteiger partial charge on any atom is -0.480 e. The summed E-state index contributed by atoms with van der Waals surface area (Å²) in [6, 6.07) is 9.96. The minimum absolute atomic E-state index is 0.152. The molecule has 1 aromatic heterocycles. The molecule has 0 fully saturated rings. The van der Waals surface area contributed by atoms with E-state index >= 15 is 0 Å². The van der Waals surface area contributed by atoms with Crippen molar-refractivity contribution in [2.45, 2.75) is 17.9 Å². The molecule has 0 saturated carbocycles. The van der Waals surface area contributed by atoms with Gasteiger partial charge in [-0.2, -0.15) is 0 Å². The monoisotopic (exact) mass is 464 g/mol. The van der Waals surface area contributed by atoms with E-state index in [0.29, 0.717) is 16.3 Å². The summed E-state index contributed by atoms with van der Waals surface area (Å²) >= 11 is 6.29. The van der Waals surface area contributed by atoms with Crippen LogP contribution in [0.2, 0.25) is 5.02 Å². The number of amides is 1. The number of carbonyl (C=O) groups excluding carboxylic acids is 1. The van der Waals surface area contributed by atoms with Crippen molar-refractivity contribution in [2.24, 2.45) is 7.05 Å². The Morgan fingerprint density at radius 1 is 1.16 bits per heavy atom. The normalized spacial score (nSPS) is 12.6. The van der Waals surface area contributed by atoms with Crippen LogP contribution in [0.5, 0.6) is 0 Å². The van der Waals surface area contributed by atoms with Gasteiger partial charge in [0.15, 0.2) is 15.6 Å². The summed E-state index contributed by atoms with van der Waals surface area (Å²) in [5.74, 6) is -2.90. The molecule has 2 aromatic carbocycles. The first-order valence-corrected chi connectivity index (χ1v) is 11.3. The number of nitrogens with zero attached hydrogens (tertiary/aromatic N) is 1. The Labute approximate surface area is 184 Å². The molecule has 0 unspecified atom stereocenters. The van der Waals surface area contributed by atoms with Gasteiger partial charge >= 0.3 is 5.97 Å². The van der Waals surface area contributed by atoms with Crippen molar-refractivity contribution in [1.82, 2.24) is 9.88 Å². The Morgan fingerprint density at radius 2 is 1.81 bits per heavy atom. The van der Waals surface area contributed by atoms with E-state index in [0.717, 1.165) is 16.5 Å². The van der Waals surface area contributed by atoms with Gasteiger partial charge in [0.2, 0.25) is 0 Å². The molecule has 0 bridgehead atoms. The van der Waals surface area contributed by atoms with E-state index in [9.17, 15) is 23.1 Å². The van der Waals surface area contributed by atoms with E-state index in [2.05, 4.69) is 5.32 Å². The fourth-order valence-electron chi connectivity index (χ4n) is 3.36. The molecular formula is C21H21ClN2O6S. The molecule has 1 heterocycles. The molecule has 8 nitrogen and oxygen atoms in total. The zero-order chi connectivity index (χ0) is 22.9. The lowest BCUT2D eigenvalue weighted by molar-refractivity contribution is -0.134. The summed E-state index contributed by atoms with van der Waals surface area (Å²) in [5, 5.41) is 22.5. The largest absolute Gasteiger partial charge is 0.480 e. The molecule has 0 radical (unpaired) electrons. The number of carboxylic acid groups (broad SMARTS) is 1. The van der Waals surface area contributed by atoms with Crippen LogP contribution in [0.3, 0.4) is 0 Å². The van der Waals surface area contributed by atoms with Gasteiger partial charge in [-0.05, 0) is 48.4 Å². The van der Waals surface area contributed by atoms with E-state index in [1.165, 1.54) is 24.3 Å². The Hall–Kier alpha value is -2.88. The summed E-state index contributed by atoms with van der Waals surface area (Å²) in [6.45, 7) is 1.48. The standard InChI is InChI=1S/C21H21ClN2O6S/c1-12-7-16(22)15-9-19(24(2)18(15)8-12)21(28)23-17(10-25)13-3-5-14(6-4-13)31(29,30)11-20(26)27/h3-9,17,25H,10-11H2,1-2H3,(H,23,28)(H,26,27)/t17-/m1/s1. The van der Waals surface area contributed by atoms with Gasteiger partial charge in [0.1, 0.15) is 5.69 Å². The molecule has 0 aliphatic carbocycles. The quantitative estimate of drug-likeness (QED) is 0.493. The Balaban J connectivity index is 1.85.